The Morgan fingerprint density at radius 2 is 1.71 bits per heavy atom. The molecule has 0 fully saturated rings. The maximum atomic E-state index is 12.1. The molecule has 0 saturated heterocycles. The lowest BCUT2D eigenvalue weighted by Crippen LogP contribution is -2.09. The van der Waals surface area contributed by atoms with Crippen molar-refractivity contribution in [1.82, 2.24) is 4.98 Å². The van der Waals surface area contributed by atoms with Crippen LogP contribution in [0.15, 0.2) is 71.8 Å². The van der Waals surface area contributed by atoms with Crippen LogP contribution >= 0.6 is 0 Å². The van der Waals surface area contributed by atoms with Gasteiger partial charge in [0, 0.05) is 11.8 Å². The zero-order chi connectivity index (χ0) is 22.1. The maximum Gasteiger partial charge on any atom is 0.180 e. The highest BCUT2D eigenvalue weighted by Gasteiger charge is 2.13. The number of unbranched alkanes of at least 4 members (excludes halogenated alkanes) is 2. The van der Waals surface area contributed by atoms with Gasteiger partial charge in [0.2, 0.25) is 0 Å². The average molecular weight is 434 g/mol. The Labute approximate surface area is 184 Å². The lowest BCUT2D eigenvalue weighted by Gasteiger charge is -2.09. The van der Waals surface area contributed by atoms with E-state index in [1.54, 1.807) is 30.5 Å². The number of sulfone groups is 1. The summed E-state index contributed by atoms with van der Waals surface area (Å²) >= 11 is 0. The summed E-state index contributed by atoms with van der Waals surface area (Å²) in [5.74, 6) is 6.16. The number of aliphatic hydroxyl groups excluding tert-OH is 1. The van der Waals surface area contributed by atoms with Gasteiger partial charge in [-0.3, -0.25) is 0 Å². The van der Waals surface area contributed by atoms with Gasteiger partial charge >= 0.3 is 0 Å². The van der Waals surface area contributed by atoms with E-state index >= 15 is 0 Å². The van der Waals surface area contributed by atoms with Crippen LogP contribution < -0.4 is 0 Å². The topological polar surface area (TPSA) is 67.3 Å². The standard InChI is InChI=1S/C26H27NO3S/c1-2-3-4-7-21-9-10-23(20-24(21)11-14-25-8-5-6-17-27-25)22-12-15-26(16-13-22)31(29,30)19-18-28/h5-6,8-10,12-13,15-17,20,28H,2-4,7,18-19H2,1H3. The maximum absolute atomic E-state index is 12.1. The van der Waals surface area contributed by atoms with Crippen molar-refractivity contribution >= 4 is 9.84 Å². The van der Waals surface area contributed by atoms with Gasteiger partial charge in [0.15, 0.2) is 9.84 Å². The molecule has 0 bridgehead atoms. The molecule has 0 aliphatic carbocycles. The van der Waals surface area contributed by atoms with Gasteiger partial charge in [-0.05, 0) is 65.8 Å². The van der Waals surface area contributed by atoms with E-state index < -0.39 is 9.84 Å². The minimum Gasteiger partial charge on any atom is -0.395 e. The van der Waals surface area contributed by atoms with E-state index in [1.807, 2.05) is 18.2 Å². The summed E-state index contributed by atoms with van der Waals surface area (Å²) in [7, 11) is -3.46. The second kappa shape index (κ2) is 10.9. The predicted octanol–water partition coefficient (Wildman–Crippen LogP) is 4.65. The van der Waals surface area contributed by atoms with Crippen LogP contribution in [0.4, 0.5) is 0 Å². The molecular formula is C26H27NO3S. The second-order valence-electron chi connectivity index (χ2n) is 7.36. The summed E-state index contributed by atoms with van der Waals surface area (Å²) in [6, 6.07) is 18.7. The van der Waals surface area contributed by atoms with E-state index in [4.69, 9.17) is 5.11 Å². The molecular weight excluding hydrogens is 406 g/mol. The molecule has 1 N–H and O–H groups in total. The van der Waals surface area contributed by atoms with Crippen molar-refractivity contribution in [3.63, 3.8) is 0 Å². The van der Waals surface area contributed by atoms with Gasteiger partial charge in [0.05, 0.1) is 17.3 Å². The second-order valence-corrected chi connectivity index (χ2v) is 9.47. The number of hydrogen-bond donors (Lipinski definition) is 1. The fraction of sp³-hybridized carbons (Fsp3) is 0.269. The molecule has 0 atom stereocenters. The molecule has 3 aromatic rings. The van der Waals surface area contributed by atoms with E-state index in [-0.39, 0.29) is 17.3 Å². The number of aromatic nitrogens is 1. The highest BCUT2D eigenvalue weighted by atomic mass is 32.2. The molecule has 160 valence electrons. The summed E-state index contributed by atoms with van der Waals surface area (Å²) in [6.07, 6.45) is 6.16. The number of hydrogen-bond acceptors (Lipinski definition) is 4. The van der Waals surface area contributed by atoms with Crippen molar-refractivity contribution in [2.75, 3.05) is 12.4 Å². The minimum absolute atomic E-state index is 0.219. The van der Waals surface area contributed by atoms with Gasteiger partial charge < -0.3 is 5.11 Å². The first-order chi connectivity index (χ1) is 15.0. The molecule has 2 aromatic carbocycles. The molecule has 0 aliphatic rings. The minimum atomic E-state index is -3.46. The van der Waals surface area contributed by atoms with Crippen LogP contribution in [0.25, 0.3) is 11.1 Å². The van der Waals surface area contributed by atoms with Crippen LogP contribution in [0.3, 0.4) is 0 Å². The molecule has 0 amide bonds. The Bertz CT molecular complexity index is 1160. The van der Waals surface area contributed by atoms with Crippen molar-refractivity contribution in [2.24, 2.45) is 0 Å². The van der Waals surface area contributed by atoms with Crippen LogP contribution in [0, 0.1) is 11.8 Å². The molecule has 1 heterocycles. The first kappa shape index (κ1) is 22.7. The van der Waals surface area contributed by atoms with Crippen LogP contribution in [0.2, 0.25) is 0 Å². The molecule has 0 radical (unpaired) electrons. The molecule has 31 heavy (non-hydrogen) atoms. The molecule has 5 heteroatoms. The first-order valence-corrected chi connectivity index (χ1v) is 12.2. The molecule has 0 saturated carbocycles. The number of aryl methyl sites for hydroxylation is 1. The van der Waals surface area contributed by atoms with E-state index in [0.29, 0.717) is 0 Å². The lowest BCUT2D eigenvalue weighted by molar-refractivity contribution is 0.319. The van der Waals surface area contributed by atoms with E-state index in [1.165, 1.54) is 18.4 Å². The van der Waals surface area contributed by atoms with Gasteiger partial charge in [0.1, 0.15) is 5.69 Å². The molecule has 1 aromatic heterocycles. The number of benzene rings is 2. The van der Waals surface area contributed by atoms with E-state index in [9.17, 15) is 8.42 Å². The van der Waals surface area contributed by atoms with Gasteiger partial charge in [-0.2, -0.15) is 0 Å². The quantitative estimate of drug-likeness (QED) is 0.415. The van der Waals surface area contributed by atoms with Crippen molar-refractivity contribution in [1.29, 1.82) is 0 Å². The summed E-state index contributed by atoms with van der Waals surface area (Å²) in [5, 5.41) is 8.97. The molecule has 0 aliphatic heterocycles. The fourth-order valence-corrected chi connectivity index (χ4v) is 4.34. The van der Waals surface area contributed by atoms with Crippen LogP contribution in [0.1, 0.15) is 43.0 Å². The van der Waals surface area contributed by atoms with Gasteiger partial charge in [-0.15, -0.1) is 0 Å². The number of pyridine rings is 1. The fourth-order valence-electron chi connectivity index (χ4n) is 3.32. The molecule has 0 unspecified atom stereocenters. The number of nitrogens with zero attached hydrogens (tertiary/aromatic N) is 1. The Hall–Kier alpha value is -2.94. The highest BCUT2D eigenvalue weighted by molar-refractivity contribution is 7.91. The van der Waals surface area contributed by atoms with Crippen molar-refractivity contribution in [2.45, 2.75) is 37.5 Å². The van der Waals surface area contributed by atoms with E-state index in [2.05, 4.69) is 41.9 Å². The number of aliphatic hydroxyl groups is 1. The molecule has 3 rings (SSSR count). The Kier molecular flexibility index (Phi) is 8.00. The first-order valence-electron chi connectivity index (χ1n) is 10.5. The van der Waals surface area contributed by atoms with Gasteiger partial charge in [-0.1, -0.05) is 56.0 Å². The summed E-state index contributed by atoms with van der Waals surface area (Å²) in [6.45, 7) is 1.80. The van der Waals surface area contributed by atoms with Gasteiger partial charge in [-0.25, -0.2) is 13.4 Å². The normalized spacial score (nSPS) is 11.0. The van der Waals surface area contributed by atoms with Crippen molar-refractivity contribution in [3.8, 4) is 23.0 Å². The third-order valence-corrected chi connectivity index (χ3v) is 6.77. The summed E-state index contributed by atoms with van der Waals surface area (Å²) < 4.78 is 24.3. The lowest BCUT2D eigenvalue weighted by atomic mass is 9.96. The van der Waals surface area contributed by atoms with Crippen LogP contribution in [-0.4, -0.2) is 30.9 Å². The Morgan fingerprint density at radius 3 is 2.39 bits per heavy atom. The third-order valence-electron chi connectivity index (χ3n) is 5.06. The highest BCUT2D eigenvalue weighted by Crippen LogP contribution is 2.25. The summed E-state index contributed by atoms with van der Waals surface area (Å²) in [5.41, 5.74) is 4.81. The predicted molar refractivity (Wildman–Crippen MR) is 124 cm³/mol. The van der Waals surface area contributed by atoms with Crippen LogP contribution in [-0.2, 0) is 16.3 Å². The molecule has 0 spiro atoms. The van der Waals surface area contributed by atoms with Crippen LogP contribution in [0.5, 0.6) is 0 Å². The third kappa shape index (κ3) is 6.27. The molecule has 4 nitrogen and oxygen atoms in total. The zero-order valence-corrected chi connectivity index (χ0v) is 18.5. The average Bonchev–Trinajstić information content (AvgIpc) is 2.79. The van der Waals surface area contributed by atoms with E-state index in [0.717, 1.165) is 35.2 Å². The van der Waals surface area contributed by atoms with Gasteiger partial charge in [0.25, 0.3) is 0 Å². The smallest absolute Gasteiger partial charge is 0.180 e. The number of rotatable bonds is 8. The summed E-state index contributed by atoms with van der Waals surface area (Å²) in [4.78, 5) is 4.50. The van der Waals surface area contributed by atoms with Crippen molar-refractivity contribution < 1.29 is 13.5 Å². The largest absolute Gasteiger partial charge is 0.395 e. The monoisotopic (exact) mass is 433 g/mol. The Balaban J connectivity index is 1.93. The Morgan fingerprint density at radius 1 is 0.935 bits per heavy atom. The van der Waals surface area contributed by atoms with Crippen molar-refractivity contribution in [3.05, 3.63) is 83.7 Å². The SMILES string of the molecule is CCCCCc1ccc(-c2ccc(S(=O)(=O)CCO)cc2)cc1C#Cc1ccccn1. The zero-order valence-electron chi connectivity index (χ0n) is 17.7.